The first kappa shape index (κ1) is 21.5. The van der Waals surface area contributed by atoms with Crippen molar-refractivity contribution in [2.45, 2.75) is 103 Å². The Morgan fingerprint density at radius 2 is 1.82 bits per heavy atom. The number of amides is 1. The molecule has 0 bridgehead atoms. The first-order valence-electron chi connectivity index (χ1n) is 10.5. The summed E-state index contributed by atoms with van der Waals surface area (Å²) in [4.78, 5) is 15.1. The van der Waals surface area contributed by atoms with Gasteiger partial charge in [-0.3, -0.25) is 4.79 Å². The summed E-state index contributed by atoms with van der Waals surface area (Å²) >= 11 is 0. The Bertz CT molecular complexity index is 783. The van der Waals surface area contributed by atoms with Gasteiger partial charge in [0, 0.05) is 6.42 Å². The quantitative estimate of drug-likeness (QED) is 0.582. The molecule has 28 heavy (non-hydrogen) atoms. The van der Waals surface area contributed by atoms with Gasteiger partial charge in [0.1, 0.15) is 5.82 Å². The lowest BCUT2D eigenvalue weighted by molar-refractivity contribution is -0.136. The first-order valence-corrected chi connectivity index (χ1v) is 13.4. The molecule has 0 aliphatic carbocycles. The van der Waals surface area contributed by atoms with E-state index >= 15 is 0 Å². The molecule has 5 heteroatoms. The van der Waals surface area contributed by atoms with Crippen molar-refractivity contribution in [1.82, 2.24) is 4.90 Å². The summed E-state index contributed by atoms with van der Waals surface area (Å²) in [5.41, 5.74) is 1.21. The minimum Gasteiger partial charge on any atom is -0.410 e. The molecule has 0 spiro atoms. The molecule has 1 aromatic rings. The third-order valence-corrected chi connectivity index (χ3v) is 12.1. The fraction of sp³-hybridized carbons (Fsp3) is 0.696. The molecule has 1 amide bonds. The zero-order chi connectivity index (χ0) is 21.1. The molecule has 0 N–H and O–H groups in total. The van der Waals surface area contributed by atoms with Crippen LogP contribution in [0.3, 0.4) is 0 Å². The van der Waals surface area contributed by atoms with Crippen molar-refractivity contribution < 1.29 is 13.6 Å². The summed E-state index contributed by atoms with van der Waals surface area (Å²) in [7, 11) is -2.00. The Labute approximate surface area is 170 Å². The van der Waals surface area contributed by atoms with E-state index in [0.717, 1.165) is 30.4 Å². The predicted molar refractivity (Wildman–Crippen MR) is 114 cm³/mol. The molecule has 1 aromatic carbocycles. The molecule has 2 heterocycles. The van der Waals surface area contributed by atoms with E-state index < -0.39 is 13.9 Å². The van der Waals surface area contributed by atoms with Crippen LogP contribution < -0.4 is 0 Å². The highest BCUT2D eigenvalue weighted by Gasteiger charge is 2.59. The van der Waals surface area contributed by atoms with Crippen LogP contribution >= 0.6 is 0 Å². The van der Waals surface area contributed by atoms with Crippen LogP contribution in [0.1, 0.15) is 71.4 Å². The van der Waals surface area contributed by atoms with Crippen molar-refractivity contribution in [2.75, 3.05) is 0 Å². The van der Waals surface area contributed by atoms with E-state index in [4.69, 9.17) is 4.43 Å². The molecule has 0 saturated carbocycles. The van der Waals surface area contributed by atoms with Gasteiger partial charge in [-0.05, 0) is 81.4 Å². The molecule has 2 aliphatic rings. The predicted octanol–water partition coefficient (Wildman–Crippen LogP) is 5.91. The van der Waals surface area contributed by atoms with Crippen molar-refractivity contribution in [3.05, 3.63) is 35.1 Å². The van der Waals surface area contributed by atoms with Gasteiger partial charge in [-0.1, -0.05) is 26.8 Å². The third-order valence-electron chi connectivity index (χ3n) is 7.45. The smallest absolute Gasteiger partial charge is 0.223 e. The third kappa shape index (κ3) is 3.34. The second-order valence-corrected chi connectivity index (χ2v) is 15.5. The summed E-state index contributed by atoms with van der Waals surface area (Å²) in [6.45, 7) is 17.5. The van der Waals surface area contributed by atoms with Gasteiger partial charge in [0.15, 0.2) is 8.32 Å². The van der Waals surface area contributed by atoms with Gasteiger partial charge in [0.25, 0.3) is 0 Å². The van der Waals surface area contributed by atoms with Crippen LogP contribution in [0.25, 0.3) is 0 Å². The lowest BCUT2D eigenvalue weighted by Crippen LogP contribution is -2.57. The van der Waals surface area contributed by atoms with E-state index in [1.165, 1.54) is 6.07 Å². The van der Waals surface area contributed by atoms with E-state index in [1.54, 1.807) is 6.07 Å². The van der Waals surface area contributed by atoms with Gasteiger partial charge in [0.2, 0.25) is 5.91 Å². The first-order chi connectivity index (χ1) is 12.7. The summed E-state index contributed by atoms with van der Waals surface area (Å²) in [5.74, 6) is -0.0485. The maximum absolute atomic E-state index is 14.1. The summed E-state index contributed by atoms with van der Waals surface area (Å²) in [6.07, 6.45) is 3.06. The van der Waals surface area contributed by atoms with Crippen LogP contribution in [0.4, 0.5) is 4.39 Å². The van der Waals surface area contributed by atoms with Crippen molar-refractivity contribution in [2.24, 2.45) is 0 Å². The maximum atomic E-state index is 14.1. The molecule has 156 valence electrons. The molecular weight excluding hydrogens is 369 g/mol. The molecule has 2 saturated heterocycles. The number of benzene rings is 1. The fourth-order valence-electron chi connectivity index (χ4n) is 5.05. The Morgan fingerprint density at radius 1 is 1.18 bits per heavy atom. The Hall–Kier alpha value is -1.20. The molecule has 2 fully saturated rings. The van der Waals surface area contributed by atoms with Gasteiger partial charge in [-0.2, -0.15) is 0 Å². The van der Waals surface area contributed by atoms with E-state index in [-0.39, 0.29) is 28.3 Å². The van der Waals surface area contributed by atoms with Crippen LogP contribution in [0.2, 0.25) is 18.1 Å². The van der Waals surface area contributed by atoms with Crippen LogP contribution in [0.15, 0.2) is 18.2 Å². The largest absolute Gasteiger partial charge is 0.410 e. The Balaban J connectivity index is 2.00. The van der Waals surface area contributed by atoms with Crippen LogP contribution in [0, 0.1) is 12.7 Å². The van der Waals surface area contributed by atoms with Crippen molar-refractivity contribution >= 4 is 14.2 Å². The number of carbonyl (C=O) groups is 1. The van der Waals surface area contributed by atoms with Gasteiger partial charge in [0.05, 0.1) is 17.2 Å². The average molecular weight is 406 g/mol. The second kappa shape index (κ2) is 6.66. The summed E-state index contributed by atoms with van der Waals surface area (Å²) < 4.78 is 20.9. The highest BCUT2D eigenvalue weighted by Crippen LogP contribution is 2.54. The van der Waals surface area contributed by atoms with Crippen LogP contribution in [0.5, 0.6) is 0 Å². The van der Waals surface area contributed by atoms with Crippen molar-refractivity contribution in [3.63, 3.8) is 0 Å². The van der Waals surface area contributed by atoms with Gasteiger partial charge in [-0.25, -0.2) is 4.39 Å². The number of aryl methyl sites for hydroxylation is 1. The second-order valence-electron chi connectivity index (χ2n) is 10.8. The Kier molecular flexibility index (Phi) is 5.12. The van der Waals surface area contributed by atoms with Gasteiger partial charge >= 0.3 is 0 Å². The minimum atomic E-state index is -2.00. The van der Waals surface area contributed by atoms with Gasteiger partial charge in [-0.15, -0.1) is 0 Å². The fourth-order valence-corrected chi connectivity index (χ4v) is 6.80. The average Bonchev–Trinajstić information content (AvgIpc) is 3.07. The molecule has 3 nitrogen and oxygen atoms in total. The SMILES string of the molecule is Cc1ccc(F)cc1[C@@]12CCC(=O)N1[C@@H](C(C)(C)O[Si](C)(C)C(C)(C)C)CC2. The molecule has 0 aromatic heterocycles. The summed E-state index contributed by atoms with van der Waals surface area (Å²) in [6, 6.07) is 5.00. The number of halogens is 1. The van der Waals surface area contributed by atoms with E-state index in [9.17, 15) is 9.18 Å². The molecule has 2 aliphatic heterocycles. The van der Waals surface area contributed by atoms with E-state index in [1.807, 2.05) is 13.0 Å². The van der Waals surface area contributed by atoms with Crippen LogP contribution in [-0.2, 0) is 14.8 Å². The van der Waals surface area contributed by atoms with Gasteiger partial charge < -0.3 is 9.33 Å². The molecule has 2 atom stereocenters. The number of carbonyl (C=O) groups excluding carboxylic acids is 1. The molecule has 0 unspecified atom stereocenters. The monoisotopic (exact) mass is 405 g/mol. The van der Waals surface area contributed by atoms with Crippen LogP contribution in [-0.4, -0.2) is 30.8 Å². The highest BCUT2D eigenvalue weighted by molar-refractivity contribution is 6.74. The Morgan fingerprint density at radius 3 is 2.43 bits per heavy atom. The van der Waals surface area contributed by atoms with Crippen molar-refractivity contribution in [3.8, 4) is 0 Å². The standard InChI is InChI=1S/C23H36FNO2Si/c1-16-9-10-17(24)15-18(16)23-13-11-19(25(23)20(26)12-14-23)22(5,6)27-28(7,8)21(2,3)4/h9-10,15,19H,11-14H2,1-8H3/t19-,23-/m1/s1. The lowest BCUT2D eigenvalue weighted by atomic mass is 9.83. The lowest BCUT2D eigenvalue weighted by Gasteiger charge is -2.48. The molecule has 3 rings (SSSR count). The van der Waals surface area contributed by atoms with E-state index in [0.29, 0.717) is 6.42 Å². The van der Waals surface area contributed by atoms with Crippen molar-refractivity contribution in [1.29, 1.82) is 0 Å². The zero-order valence-electron chi connectivity index (χ0n) is 18.8. The topological polar surface area (TPSA) is 29.5 Å². The summed E-state index contributed by atoms with van der Waals surface area (Å²) in [5, 5.41) is 0.105. The molecular formula is C23H36FNO2Si. The zero-order valence-corrected chi connectivity index (χ0v) is 19.8. The number of hydrogen-bond donors (Lipinski definition) is 0. The highest BCUT2D eigenvalue weighted by atomic mass is 28.4. The minimum absolute atomic E-state index is 0.0132. The number of hydrogen-bond acceptors (Lipinski definition) is 2. The molecule has 0 radical (unpaired) electrons. The number of rotatable bonds is 4. The number of nitrogens with zero attached hydrogens (tertiary/aromatic N) is 1. The van der Waals surface area contributed by atoms with E-state index in [2.05, 4.69) is 52.6 Å². The number of fused-ring (bicyclic) bond motifs is 1. The maximum Gasteiger partial charge on any atom is 0.223 e. The normalized spacial score (nSPS) is 26.1.